The second kappa shape index (κ2) is 5.85. The van der Waals surface area contributed by atoms with Crippen LogP contribution in [0.1, 0.15) is 11.1 Å². The Bertz CT molecular complexity index is 669. The van der Waals surface area contributed by atoms with Crippen LogP contribution >= 0.6 is 28.1 Å². The first-order valence-electron chi connectivity index (χ1n) is 5.70. The molecule has 2 rings (SSSR count). The van der Waals surface area contributed by atoms with Crippen LogP contribution in [-0.2, 0) is 0 Å². The van der Waals surface area contributed by atoms with Crippen LogP contribution in [0.15, 0.2) is 34.8 Å². The molecule has 0 fully saturated rings. The molecule has 104 valence electrons. The van der Waals surface area contributed by atoms with Crippen molar-refractivity contribution in [2.75, 3.05) is 5.32 Å². The number of rotatable bonds is 3. The molecule has 20 heavy (non-hydrogen) atoms. The number of hydrogen-bond donors (Lipinski definition) is 2. The lowest BCUT2D eigenvalue weighted by Crippen LogP contribution is -2.13. The topological polar surface area (TPSA) is 38.0 Å². The maximum Gasteiger partial charge on any atom is 0.182 e. The van der Waals surface area contributed by atoms with Crippen LogP contribution in [0.25, 0.3) is 0 Å². The van der Waals surface area contributed by atoms with Crippen LogP contribution in [0.2, 0.25) is 0 Å². The number of halogens is 3. The third kappa shape index (κ3) is 3.13. The summed E-state index contributed by atoms with van der Waals surface area (Å²) in [5.74, 6) is -2.05. The van der Waals surface area contributed by atoms with E-state index >= 15 is 0 Å². The van der Waals surface area contributed by atoms with Gasteiger partial charge in [0.15, 0.2) is 11.6 Å². The maximum atomic E-state index is 13.9. The summed E-state index contributed by atoms with van der Waals surface area (Å²) in [7, 11) is 0. The molecule has 0 saturated carbocycles. The summed E-state index contributed by atoms with van der Waals surface area (Å²) in [6.45, 7) is 1.91. The third-order valence-electron chi connectivity index (χ3n) is 2.67. The molecule has 2 aromatic rings. The highest BCUT2D eigenvalue weighted by atomic mass is 79.9. The summed E-state index contributed by atoms with van der Waals surface area (Å²) in [6, 6.07) is 8.27. The first kappa shape index (κ1) is 14.9. The Balaban J connectivity index is 2.39. The molecule has 0 aliphatic heterocycles. The Kier molecular flexibility index (Phi) is 4.35. The number of nitrogens with one attached hydrogen (secondary N) is 1. The Labute approximate surface area is 129 Å². The molecule has 0 bridgehead atoms. The molecule has 0 aliphatic carbocycles. The smallest absolute Gasteiger partial charge is 0.182 e. The van der Waals surface area contributed by atoms with Crippen LogP contribution in [-0.4, -0.2) is 4.99 Å². The molecule has 6 heteroatoms. The molecular weight excluding hydrogens is 346 g/mol. The lowest BCUT2D eigenvalue weighted by atomic mass is 10.1. The van der Waals surface area contributed by atoms with Crippen molar-refractivity contribution in [3.05, 3.63) is 57.6 Å². The van der Waals surface area contributed by atoms with Gasteiger partial charge in [0.05, 0.1) is 5.69 Å². The van der Waals surface area contributed by atoms with E-state index < -0.39 is 11.6 Å². The molecular formula is C14H11BrF2N2S. The molecule has 0 aromatic heterocycles. The number of anilines is 2. The number of benzene rings is 2. The summed E-state index contributed by atoms with van der Waals surface area (Å²) in [5.41, 5.74) is 6.89. The van der Waals surface area contributed by atoms with Gasteiger partial charge in [0.25, 0.3) is 0 Å². The summed E-state index contributed by atoms with van der Waals surface area (Å²) in [5, 5.41) is 2.83. The predicted octanol–water partition coefficient (Wildman–Crippen LogP) is 4.41. The van der Waals surface area contributed by atoms with Gasteiger partial charge in [-0.05, 0) is 42.8 Å². The molecule has 0 unspecified atom stereocenters. The van der Waals surface area contributed by atoms with Crippen molar-refractivity contribution in [3.63, 3.8) is 0 Å². The Morgan fingerprint density at radius 1 is 1.20 bits per heavy atom. The van der Waals surface area contributed by atoms with Crippen LogP contribution in [0, 0.1) is 18.6 Å². The molecule has 0 heterocycles. The van der Waals surface area contributed by atoms with Crippen molar-refractivity contribution in [1.82, 2.24) is 0 Å². The van der Waals surface area contributed by atoms with Gasteiger partial charge in [-0.1, -0.05) is 28.1 Å². The van der Waals surface area contributed by atoms with Crippen LogP contribution in [0.5, 0.6) is 0 Å². The van der Waals surface area contributed by atoms with Crippen LogP contribution in [0.4, 0.5) is 20.2 Å². The van der Waals surface area contributed by atoms with Crippen molar-refractivity contribution >= 4 is 44.5 Å². The fourth-order valence-electron chi connectivity index (χ4n) is 1.80. The van der Waals surface area contributed by atoms with Gasteiger partial charge in [-0.3, -0.25) is 0 Å². The summed E-state index contributed by atoms with van der Waals surface area (Å²) >= 11 is 8.01. The van der Waals surface area contributed by atoms with E-state index in [2.05, 4.69) is 33.5 Å². The fourth-order valence-corrected chi connectivity index (χ4v) is 2.57. The fraction of sp³-hybridized carbons (Fsp3) is 0.0714. The number of thiocarbonyl (C=S) groups is 1. The van der Waals surface area contributed by atoms with Crippen molar-refractivity contribution in [3.8, 4) is 0 Å². The SMILES string of the molecule is Cc1cc(Br)cc(Nc2ccc(C(N)=S)c(F)c2F)c1. The zero-order valence-corrected chi connectivity index (χ0v) is 12.9. The summed E-state index contributed by atoms with van der Waals surface area (Å²) < 4.78 is 28.6. The van der Waals surface area contributed by atoms with E-state index in [1.54, 1.807) is 6.07 Å². The Hall–Kier alpha value is -1.53. The van der Waals surface area contributed by atoms with E-state index in [0.717, 1.165) is 10.0 Å². The molecule has 0 aliphatic rings. The predicted molar refractivity (Wildman–Crippen MR) is 84.4 cm³/mol. The van der Waals surface area contributed by atoms with Gasteiger partial charge >= 0.3 is 0 Å². The molecule has 0 spiro atoms. The van der Waals surface area contributed by atoms with Crippen LogP contribution < -0.4 is 11.1 Å². The normalized spacial score (nSPS) is 10.4. The monoisotopic (exact) mass is 356 g/mol. The zero-order chi connectivity index (χ0) is 14.9. The highest BCUT2D eigenvalue weighted by Gasteiger charge is 2.15. The molecule has 2 nitrogen and oxygen atoms in total. The van der Waals surface area contributed by atoms with Gasteiger partial charge in [-0.25, -0.2) is 8.78 Å². The number of nitrogens with two attached hydrogens (primary N) is 1. The molecule has 0 saturated heterocycles. The largest absolute Gasteiger partial charge is 0.389 e. The van der Waals surface area contributed by atoms with Gasteiger partial charge in [0.2, 0.25) is 0 Å². The third-order valence-corrected chi connectivity index (χ3v) is 3.35. The van der Waals surface area contributed by atoms with E-state index in [1.165, 1.54) is 12.1 Å². The molecule has 0 atom stereocenters. The molecule has 0 amide bonds. The minimum Gasteiger partial charge on any atom is -0.389 e. The number of hydrogen-bond acceptors (Lipinski definition) is 2. The zero-order valence-electron chi connectivity index (χ0n) is 10.5. The van der Waals surface area contributed by atoms with Crippen molar-refractivity contribution in [2.24, 2.45) is 5.73 Å². The van der Waals surface area contributed by atoms with E-state index in [-0.39, 0.29) is 16.2 Å². The Morgan fingerprint density at radius 3 is 2.50 bits per heavy atom. The highest BCUT2D eigenvalue weighted by Crippen LogP contribution is 2.26. The summed E-state index contributed by atoms with van der Waals surface area (Å²) in [4.78, 5) is -0.175. The Morgan fingerprint density at radius 2 is 1.90 bits per heavy atom. The lowest BCUT2D eigenvalue weighted by molar-refractivity contribution is 0.510. The second-order valence-electron chi connectivity index (χ2n) is 4.30. The van der Waals surface area contributed by atoms with E-state index in [9.17, 15) is 8.78 Å². The average Bonchev–Trinajstić information content (AvgIpc) is 2.33. The van der Waals surface area contributed by atoms with Crippen LogP contribution in [0.3, 0.4) is 0 Å². The minimum absolute atomic E-state index is 0.0278. The first-order chi connectivity index (χ1) is 9.38. The standard InChI is InChI=1S/C14H11BrF2N2S/c1-7-4-8(15)6-9(5-7)19-11-3-2-10(14(18)20)12(16)13(11)17/h2-6,19H,1H3,(H2,18,20). The van der Waals surface area contributed by atoms with Gasteiger partial charge < -0.3 is 11.1 Å². The second-order valence-corrected chi connectivity index (χ2v) is 5.65. The van der Waals surface area contributed by atoms with E-state index in [4.69, 9.17) is 5.73 Å². The average molecular weight is 357 g/mol. The lowest BCUT2D eigenvalue weighted by Gasteiger charge is -2.11. The first-order valence-corrected chi connectivity index (χ1v) is 6.90. The van der Waals surface area contributed by atoms with Crippen molar-refractivity contribution < 1.29 is 8.78 Å². The maximum absolute atomic E-state index is 13.9. The molecule has 2 aromatic carbocycles. The van der Waals surface area contributed by atoms with Crippen molar-refractivity contribution in [2.45, 2.75) is 6.92 Å². The quantitative estimate of drug-likeness (QED) is 0.799. The van der Waals surface area contributed by atoms with Gasteiger partial charge in [-0.2, -0.15) is 0 Å². The highest BCUT2D eigenvalue weighted by molar-refractivity contribution is 9.10. The number of aryl methyl sites for hydroxylation is 1. The summed E-state index contributed by atoms with van der Waals surface area (Å²) in [6.07, 6.45) is 0. The van der Waals surface area contributed by atoms with Crippen molar-refractivity contribution in [1.29, 1.82) is 0 Å². The molecule has 3 N–H and O–H groups in total. The van der Waals surface area contributed by atoms with E-state index in [0.29, 0.717) is 5.69 Å². The molecule has 0 radical (unpaired) electrons. The minimum atomic E-state index is -1.05. The van der Waals surface area contributed by atoms with Gasteiger partial charge in [0, 0.05) is 15.7 Å². The van der Waals surface area contributed by atoms with Gasteiger partial charge in [0.1, 0.15) is 4.99 Å². The van der Waals surface area contributed by atoms with E-state index in [1.807, 2.05) is 19.1 Å². The van der Waals surface area contributed by atoms with Gasteiger partial charge in [-0.15, -0.1) is 0 Å².